The van der Waals surface area contributed by atoms with E-state index in [2.05, 4.69) is 0 Å². The van der Waals surface area contributed by atoms with Crippen molar-refractivity contribution < 1.29 is 29.2 Å². The maximum Gasteiger partial charge on any atom is 0.336 e. The SMILES string of the molecule is COc1ccc(/C=C(\C(=O)O)c2ccc(OC)c(OC)c2)cc1O. The van der Waals surface area contributed by atoms with Gasteiger partial charge >= 0.3 is 5.97 Å². The van der Waals surface area contributed by atoms with Crippen molar-refractivity contribution >= 4 is 17.6 Å². The molecule has 6 heteroatoms. The van der Waals surface area contributed by atoms with E-state index in [0.717, 1.165) is 0 Å². The Morgan fingerprint density at radius 3 is 2.08 bits per heavy atom. The second kappa shape index (κ2) is 7.41. The van der Waals surface area contributed by atoms with Crippen LogP contribution in [0.4, 0.5) is 0 Å². The average Bonchev–Trinajstić information content (AvgIpc) is 2.59. The lowest BCUT2D eigenvalue weighted by Crippen LogP contribution is -2.01. The van der Waals surface area contributed by atoms with Crippen molar-refractivity contribution in [2.45, 2.75) is 0 Å². The molecule has 0 saturated heterocycles. The summed E-state index contributed by atoms with van der Waals surface area (Å²) < 4.78 is 15.3. The van der Waals surface area contributed by atoms with Crippen LogP contribution < -0.4 is 14.2 Å². The van der Waals surface area contributed by atoms with Crippen LogP contribution in [0.25, 0.3) is 11.6 Å². The summed E-state index contributed by atoms with van der Waals surface area (Å²) >= 11 is 0. The number of phenols is 1. The highest BCUT2D eigenvalue weighted by Crippen LogP contribution is 2.32. The van der Waals surface area contributed by atoms with Crippen LogP contribution in [0, 0.1) is 0 Å². The summed E-state index contributed by atoms with van der Waals surface area (Å²) in [6.07, 6.45) is 1.46. The second-order valence-corrected chi connectivity index (χ2v) is 4.86. The summed E-state index contributed by atoms with van der Waals surface area (Å²) in [5.41, 5.74) is 1.04. The van der Waals surface area contributed by atoms with Crippen molar-refractivity contribution in [2.24, 2.45) is 0 Å². The number of aliphatic carboxylic acids is 1. The predicted octanol–water partition coefficient (Wildman–Crippen LogP) is 3.04. The van der Waals surface area contributed by atoms with Crippen molar-refractivity contribution in [3.63, 3.8) is 0 Å². The zero-order valence-corrected chi connectivity index (χ0v) is 13.6. The van der Waals surface area contributed by atoms with E-state index in [1.54, 1.807) is 30.3 Å². The third kappa shape index (κ3) is 3.60. The lowest BCUT2D eigenvalue weighted by atomic mass is 10.0. The van der Waals surface area contributed by atoms with Crippen LogP contribution in [0.15, 0.2) is 36.4 Å². The Bertz CT molecular complexity index is 779. The third-order valence-electron chi connectivity index (χ3n) is 3.44. The van der Waals surface area contributed by atoms with E-state index < -0.39 is 5.97 Å². The fourth-order valence-electron chi connectivity index (χ4n) is 2.24. The largest absolute Gasteiger partial charge is 0.504 e. The monoisotopic (exact) mass is 330 g/mol. The van der Waals surface area contributed by atoms with Gasteiger partial charge in [-0.3, -0.25) is 0 Å². The fraction of sp³-hybridized carbons (Fsp3) is 0.167. The summed E-state index contributed by atoms with van der Waals surface area (Å²) in [4.78, 5) is 11.6. The van der Waals surface area contributed by atoms with Crippen LogP contribution >= 0.6 is 0 Å². The van der Waals surface area contributed by atoms with Gasteiger partial charge in [0.05, 0.1) is 26.9 Å². The number of ether oxygens (including phenoxy) is 3. The molecule has 0 aliphatic heterocycles. The first-order chi connectivity index (χ1) is 11.5. The van der Waals surface area contributed by atoms with Crippen molar-refractivity contribution in [3.05, 3.63) is 47.5 Å². The summed E-state index contributed by atoms with van der Waals surface area (Å²) in [6, 6.07) is 9.50. The van der Waals surface area contributed by atoms with Gasteiger partial charge in [-0.1, -0.05) is 12.1 Å². The number of phenolic OH excluding ortho intramolecular Hbond substituents is 1. The maximum absolute atomic E-state index is 11.6. The van der Waals surface area contributed by atoms with Crippen LogP contribution in [0.5, 0.6) is 23.0 Å². The van der Waals surface area contributed by atoms with Crippen LogP contribution in [-0.4, -0.2) is 37.5 Å². The number of carbonyl (C=O) groups is 1. The minimum Gasteiger partial charge on any atom is -0.504 e. The van der Waals surface area contributed by atoms with Crippen molar-refractivity contribution in [1.29, 1.82) is 0 Å². The van der Waals surface area contributed by atoms with Gasteiger partial charge in [-0.2, -0.15) is 0 Å². The number of carboxylic acids is 1. The number of benzene rings is 2. The van der Waals surface area contributed by atoms with Gasteiger partial charge in [0.25, 0.3) is 0 Å². The molecule has 2 rings (SSSR count). The van der Waals surface area contributed by atoms with Gasteiger partial charge in [0.15, 0.2) is 23.0 Å². The van der Waals surface area contributed by atoms with Crippen molar-refractivity contribution in [2.75, 3.05) is 21.3 Å². The highest BCUT2D eigenvalue weighted by atomic mass is 16.5. The van der Waals surface area contributed by atoms with Gasteiger partial charge in [0.1, 0.15) is 0 Å². The van der Waals surface area contributed by atoms with E-state index in [9.17, 15) is 15.0 Å². The third-order valence-corrected chi connectivity index (χ3v) is 3.44. The number of hydrogen-bond donors (Lipinski definition) is 2. The van der Waals surface area contributed by atoms with Gasteiger partial charge in [0, 0.05) is 0 Å². The van der Waals surface area contributed by atoms with Gasteiger partial charge in [-0.25, -0.2) is 4.79 Å². The van der Waals surface area contributed by atoms with Crippen LogP contribution in [0.1, 0.15) is 11.1 Å². The molecule has 0 aromatic heterocycles. The van der Waals surface area contributed by atoms with E-state index in [4.69, 9.17) is 14.2 Å². The lowest BCUT2D eigenvalue weighted by molar-refractivity contribution is -0.130. The van der Waals surface area contributed by atoms with Gasteiger partial charge in [-0.05, 0) is 41.5 Å². The molecule has 0 amide bonds. The smallest absolute Gasteiger partial charge is 0.336 e. The molecule has 2 aromatic carbocycles. The number of methoxy groups -OCH3 is 3. The highest BCUT2D eigenvalue weighted by Gasteiger charge is 2.14. The molecule has 2 N–H and O–H groups in total. The van der Waals surface area contributed by atoms with E-state index in [-0.39, 0.29) is 11.3 Å². The molecule has 0 saturated carbocycles. The molecule has 24 heavy (non-hydrogen) atoms. The number of rotatable bonds is 6. The molecule has 6 nitrogen and oxygen atoms in total. The van der Waals surface area contributed by atoms with E-state index in [1.807, 2.05) is 0 Å². The number of hydrogen-bond acceptors (Lipinski definition) is 5. The summed E-state index contributed by atoms with van der Waals surface area (Å²) in [5, 5.41) is 19.3. The first-order valence-corrected chi connectivity index (χ1v) is 7.04. The molecule has 0 atom stereocenters. The Morgan fingerprint density at radius 1 is 0.917 bits per heavy atom. The minimum absolute atomic E-state index is 0.0560. The second-order valence-electron chi connectivity index (χ2n) is 4.86. The standard InChI is InChI=1S/C18H18O6/c1-22-15-6-4-11(9-14(15)19)8-13(18(20)21)12-5-7-16(23-2)17(10-12)24-3/h4-10,19H,1-3H3,(H,20,21)/b13-8-. The first kappa shape index (κ1) is 17.2. The van der Waals surface area contributed by atoms with Crippen LogP contribution in [-0.2, 0) is 4.79 Å². The fourth-order valence-corrected chi connectivity index (χ4v) is 2.24. The van der Waals surface area contributed by atoms with E-state index in [1.165, 1.54) is 33.5 Å². The molecular formula is C18H18O6. The molecule has 0 aliphatic rings. The zero-order chi connectivity index (χ0) is 17.7. The zero-order valence-electron chi connectivity index (χ0n) is 13.6. The highest BCUT2D eigenvalue weighted by molar-refractivity contribution is 6.20. The molecule has 126 valence electrons. The molecule has 2 aromatic rings. The van der Waals surface area contributed by atoms with Gasteiger partial charge < -0.3 is 24.4 Å². The number of carboxylic acid groups (broad SMARTS) is 1. The van der Waals surface area contributed by atoms with Crippen molar-refractivity contribution in [3.8, 4) is 23.0 Å². The molecule has 0 heterocycles. The van der Waals surface area contributed by atoms with E-state index in [0.29, 0.717) is 28.4 Å². The summed E-state index contributed by atoms with van der Waals surface area (Å²) in [5.74, 6) is 0.0868. The van der Waals surface area contributed by atoms with E-state index >= 15 is 0 Å². The molecule has 0 unspecified atom stereocenters. The predicted molar refractivity (Wildman–Crippen MR) is 89.7 cm³/mol. The topological polar surface area (TPSA) is 85.2 Å². The minimum atomic E-state index is -1.10. The summed E-state index contributed by atoms with van der Waals surface area (Å²) in [6.45, 7) is 0. The Labute approximate surface area is 139 Å². The first-order valence-electron chi connectivity index (χ1n) is 7.04. The van der Waals surface area contributed by atoms with Gasteiger partial charge in [-0.15, -0.1) is 0 Å². The lowest BCUT2D eigenvalue weighted by Gasteiger charge is -2.10. The average molecular weight is 330 g/mol. The maximum atomic E-state index is 11.6. The quantitative estimate of drug-likeness (QED) is 0.625. The molecule has 0 bridgehead atoms. The Hall–Kier alpha value is -3.15. The summed E-state index contributed by atoms with van der Waals surface area (Å²) in [7, 11) is 4.43. The molecule has 0 aliphatic carbocycles. The van der Waals surface area contributed by atoms with Gasteiger partial charge in [0.2, 0.25) is 0 Å². The molecular weight excluding hydrogens is 312 g/mol. The number of aromatic hydroxyl groups is 1. The Balaban J connectivity index is 2.50. The Kier molecular flexibility index (Phi) is 5.31. The van der Waals surface area contributed by atoms with Crippen LogP contribution in [0.3, 0.4) is 0 Å². The van der Waals surface area contributed by atoms with Crippen molar-refractivity contribution in [1.82, 2.24) is 0 Å². The molecule has 0 radical (unpaired) electrons. The van der Waals surface area contributed by atoms with Crippen LogP contribution in [0.2, 0.25) is 0 Å². The molecule has 0 fully saturated rings. The molecule has 0 spiro atoms. The normalized spacial score (nSPS) is 11.0. The Morgan fingerprint density at radius 2 is 1.54 bits per heavy atom.